The molecule has 0 unspecified atom stereocenters. The van der Waals surface area contributed by atoms with E-state index in [9.17, 15) is 27.9 Å². The summed E-state index contributed by atoms with van der Waals surface area (Å²) in [5.41, 5.74) is 0.180. The normalized spacial score (nSPS) is 15.3. The fourth-order valence-electron chi connectivity index (χ4n) is 3.10. The van der Waals surface area contributed by atoms with E-state index in [4.69, 9.17) is 15.8 Å². The number of barbiturate groups is 1. The molecule has 3 aromatic rings. The summed E-state index contributed by atoms with van der Waals surface area (Å²) in [5.74, 6) is -1.85. The number of rotatable bonds is 5. The van der Waals surface area contributed by atoms with Gasteiger partial charge in [0, 0.05) is 5.02 Å². The molecule has 1 aliphatic heterocycles. The van der Waals surface area contributed by atoms with Crippen LogP contribution in [0.1, 0.15) is 5.56 Å². The van der Waals surface area contributed by atoms with Gasteiger partial charge in [0.25, 0.3) is 11.8 Å². The number of nitrogens with zero attached hydrogens (tertiary/aromatic N) is 1. The minimum absolute atomic E-state index is 0.0255. The summed E-state index contributed by atoms with van der Waals surface area (Å²) >= 11 is 9.02. The number of hydrogen-bond acceptors (Lipinski definition) is 7. The third-order valence-electron chi connectivity index (χ3n) is 4.78. The first-order valence-corrected chi connectivity index (χ1v) is 12.3. The number of phenolic OH excluding ortho intramolecular Hbond substituents is 1. The monoisotopic (exact) mass is 576 g/mol. The zero-order valence-electron chi connectivity index (χ0n) is 17.4. The number of halogens is 2. The highest BCUT2D eigenvalue weighted by molar-refractivity contribution is 9.10. The lowest BCUT2D eigenvalue weighted by atomic mass is 10.1. The molecule has 0 spiro atoms. The Morgan fingerprint density at radius 3 is 2.26 bits per heavy atom. The van der Waals surface area contributed by atoms with E-state index in [2.05, 4.69) is 21.2 Å². The maximum atomic E-state index is 12.9. The van der Waals surface area contributed by atoms with E-state index >= 15 is 0 Å². The van der Waals surface area contributed by atoms with Crippen LogP contribution in [0.3, 0.4) is 0 Å². The molecule has 1 fully saturated rings. The molecule has 178 valence electrons. The van der Waals surface area contributed by atoms with Crippen LogP contribution in [0.15, 0.2) is 81.7 Å². The van der Waals surface area contributed by atoms with Gasteiger partial charge in [0.05, 0.1) is 10.2 Å². The number of urea groups is 1. The molecular formula is C23H14BrClN2O7S. The molecule has 35 heavy (non-hydrogen) atoms. The predicted molar refractivity (Wildman–Crippen MR) is 131 cm³/mol. The molecular weight excluding hydrogens is 564 g/mol. The van der Waals surface area contributed by atoms with Crippen molar-refractivity contribution in [1.29, 1.82) is 0 Å². The molecule has 1 aliphatic rings. The van der Waals surface area contributed by atoms with Crippen molar-refractivity contribution in [2.75, 3.05) is 4.90 Å². The number of anilines is 1. The molecule has 0 aromatic heterocycles. The number of hydrogen-bond donors (Lipinski definition) is 2. The molecule has 9 nitrogen and oxygen atoms in total. The topological polar surface area (TPSA) is 130 Å². The Morgan fingerprint density at radius 2 is 1.63 bits per heavy atom. The van der Waals surface area contributed by atoms with Gasteiger partial charge in [0.15, 0.2) is 5.75 Å². The van der Waals surface area contributed by atoms with Gasteiger partial charge < -0.3 is 9.29 Å². The highest BCUT2D eigenvalue weighted by Crippen LogP contribution is 2.31. The second-order valence-electron chi connectivity index (χ2n) is 7.16. The highest BCUT2D eigenvalue weighted by atomic mass is 79.9. The van der Waals surface area contributed by atoms with Crippen molar-refractivity contribution in [3.63, 3.8) is 0 Å². The fourth-order valence-corrected chi connectivity index (χ4v) is 4.76. The van der Waals surface area contributed by atoms with Crippen LogP contribution in [0.2, 0.25) is 5.02 Å². The highest BCUT2D eigenvalue weighted by Gasteiger charge is 2.36. The van der Waals surface area contributed by atoms with E-state index in [1.165, 1.54) is 72.8 Å². The van der Waals surface area contributed by atoms with Crippen molar-refractivity contribution in [1.82, 2.24) is 5.32 Å². The van der Waals surface area contributed by atoms with Gasteiger partial charge >= 0.3 is 16.1 Å². The summed E-state index contributed by atoms with van der Waals surface area (Å²) in [4.78, 5) is 38.2. The molecule has 0 bridgehead atoms. The molecule has 0 aliphatic carbocycles. The Morgan fingerprint density at radius 1 is 0.971 bits per heavy atom. The van der Waals surface area contributed by atoms with E-state index in [0.717, 1.165) is 4.90 Å². The summed E-state index contributed by atoms with van der Waals surface area (Å²) in [5, 5.41) is 11.9. The van der Waals surface area contributed by atoms with Crippen molar-refractivity contribution < 1.29 is 32.1 Å². The van der Waals surface area contributed by atoms with Crippen molar-refractivity contribution in [3.8, 4) is 11.5 Å². The van der Waals surface area contributed by atoms with Crippen molar-refractivity contribution in [2.24, 2.45) is 0 Å². The number of amides is 4. The number of benzene rings is 3. The van der Waals surface area contributed by atoms with Crippen LogP contribution in [-0.2, 0) is 19.7 Å². The van der Waals surface area contributed by atoms with Gasteiger partial charge in [-0.2, -0.15) is 8.42 Å². The van der Waals surface area contributed by atoms with Gasteiger partial charge in [0.1, 0.15) is 16.2 Å². The fraction of sp³-hybridized carbons (Fsp3) is 0. The van der Waals surface area contributed by atoms with Crippen LogP contribution >= 0.6 is 27.5 Å². The van der Waals surface area contributed by atoms with Crippen LogP contribution in [0.5, 0.6) is 11.5 Å². The molecule has 12 heteroatoms. The maximum Gasteiger partial charge on any atom is 0.339 e. The van der Waals surface area contributed by atoms with E-state index in [1.54, 1.807) is 0 Å². The molecule has 0 radical (unpaired) electrons. The number of nitrogens with one attached hydrogen (secondary N) is 1. The molecule has 1 heterocycles. The summed E-state index contributed by atoms with van der Waals surface area (Å²) < 4.78 is 30.5. The van der Waals surface area contributed by atoms with Gasteiger partial charge in [-0.15, -0.1) is 0 Å². The average Bonchev–Trinajstić information content (AvgIpc) is 2.80. The lowest BCUT2D eigenvalue weighted by Crippen LogP contribution is -2.54. The summed E-state index contributed by atoms with van der Waals surface area (Å²) in [6, 6.07) is 14.0. The van der Waals surface area contributed by atoms with Crippen LogP contribution in [0.25, 0.3) is 6.08 Å². The number of carbonyl (C=O) groups is 3. The molecule has 4 amide bonds. The average molecular weight is 578 g/mol. The maximum absolute atomic E-state index is 12.9. The Kier molecular flexibility index (Phi) is 6.66. The minimum atomic E-state index is -4.14. The van der Waals surface area contributed by atoms with Crippen LogP contribution < -0.4 is 14.4 Å². The summed E-state index contributed by atoms with van der Waals surface area (Å²) in [7, 11) is -4.14. The van der Waals surface area contributed by atoms with Crippen molar-refractivity contribution >= 4 is 67.3 Å². The molecule has 3 aromatic carbocycles. The van der Waals surface area contributed by atoms with Crippen LogP contribution in [0, 0.1) is 0 Å². The number of carbonyl (C=O) groups excluding carboxylic acids is 3. The lowest BCUT2D eigenvalue weighted by molar-refractivity contribution is -0.122. The van der Waals surface area contributed by atoms with E-state index in [0.29, 0.717) is 10.6 Å². The lowest BCUT2D eigenvalue weighted by Gasteiger charge is -2.26. The van der Waals surface area contributed by atoms with Gasteiger partial charge in [-0.25, -0.2) is 9.69 Å². The molecule has 4 rings (SSSR count). The second-order valence-corrected chi connectivity index (χ2v) is 9.99. The SMILES string of the molecule is O=C1NC(=O)N(c2ccc(O)cc2)C(=O)/C1=C/c1ccc(OS(=O)(=O)c2ccc(Cl)cc2)c(Br)c1. The van der Waals surface area contributed by atoms with Gasteiger partial charge in [0.2, 0.25) is 0 Å². The second kappa shape index (κ2) is 9.53. The van der Waals surface area contributed by atoms with Gasteiger partial charge in [-0.3, -0.25) is 14.9 Å². The quantitative estimate of drug-likeness (QED) is 0.263. The Bertz CT molecular complexity index is 1490. The first kappa shape index (κ1) is 24.5. The van der Waals surface area contributed by atoms with Gasteiger partial charge in [-0.1, -0.05) is 17.7 Å². The smallest absolute Gasteiger partial charge is 0.339 e. The summed E-state index contributed by atoms with van der Waals surface area (Å²) in [6.45, 7) is 0. The van der Waals surface area contributed by atoms with Crippen LogP contribution in [-0.4, -0.2) is 31.4 Å². The minimum Gasteiger partial charge on any atom is -0.508 e. The van der Waals surface area contributed by atoms with Crippen molar-refractivity contribution in [3.05, 3.63) is 87.4 Å². The van der Waals surface area contributed by atoms with Crippen LogP contribution in [0.4, 0.5) is 10.5 Å². The molecule has 1 saturated heterocycles. The summed E-state index contributed by atoms with van der Waals surface area (Å²) in [6.07, 6.45) is 1.25. The molecule has 0 saturated carbocycles. The third-order valence-corrected chi connectivity index (χ3v) is 6.90. The number of phenols is 1. The van der Waals surface area contributed by atoms with Gasteiger partial charge in [-0.05, 0) is 88.2 Å². The third kappa shape index (κ3) is 5.21. The standard InChI is InChI=1S/C23H14BrClN2O7S/c24-19-12-13(1-10-20(19)34-35(32,33)17-8-2-14(25)3-9-17)11-18-21(29)26-23(31)27(22(18)30)15-4-6-16(28)7-5-15/h1-12,28H,(H,26,29,31)/b18-11+. The first-order valence-electron chi connectivity index (χ1n) is 9.75. The van der Waals surface area contributed by atoms with E-state index in [-0.39, 0.29) is 32.1 Å². The zero-order valence-corrected chi connectivity index (χ0v) is 20.6. The van der Waals surface area contributed by atoms with Crippen molar-refractivity contribution in [2.45, 2.75) is 4.90 Å². The Labute approximate surface area is 212 Å². The largest absolute Gasteiger partial charge is 0.508 e. The number of aromatic hydroxyl groups is 1. The predicted octanol–water partition coefficient (Wildman–Crippen LogP) is 4.24. The molecule has 2 N–H and O–H groups in total. The Balaban J connectivity index is 1.61. The zero-order chi connectivity index (χ0) is 25.3. The van der Waals surface area contributed by atoms with E-state index in [1.807, 2.05) is 0 Å². The van der Waals surface area contributed by atoms with E-state index < -0.39 is 28.0 Å². The first-order chi connectivity index (χ1) is 16.5. The molecule has 0 atom stereocenters. The number of imide groups is 2. The Hall–Kier alpha value is -3.67.